The highest BCUT2D eigenvalue weighted by molar-refractivity contribution is 6.74. The van der Waals surface area contributed by atoms with Crippen LogP contribution in [0, 0.1) is 11.8 Å². The second-order valence-electron chi connectivity index (χ2n) is 7.22. The molecule has 0 radical (unpaired) electrons. The zero-order chi connectivity index (χ0) is 18.5. The van der Waals surface area contributed by atoms with Crippen LogP contribution >= 0.6 is 0 Å². The lowest BCUT2D eigenvalue weighted by molar-refractivity contribution is -0.111. The fourth-order valence-corrected chi connectivity index (χ4v) is 2.74. The summed E-state index contributed by atoms with van der Waals surface area (Å²) < 4.78 is 17.0. The monoisotopic (exact) mass is 348 g/mol. The van der Waals surface area contributed by atoms with Crippen LogP contribution in [0.1, 0.15) is 38.8 Å². The summed E-state index contributed by atoms with van der Waals surface area (Å²) in [7, 11) is 1.28. The van der Waals surface area contributed by atoms with Crippen LogP contribution in [0.5, 0.6) is 11.5 Å². The average molecular weight is 349 g/mol. The number of Topliss-reactive ketones (excluding diaryl/α,β-unsaturated/α-hetero) is 1. The number of methoxy groups -OCH3 is 2. The average Bonchev–Trinajstić information content (AvgIpc) is 2.49. The van der Waals surface area contributed by atoms with Crippen molar-refractivity contribution < 1.29 is 18.7 Å². The molecule has 4 nitrogen and oxygen atoms in total. The van der Waals surface area contributed by atoms with E-state index in [1.165, 1.54) is 6.92 Å². The molecule has 0 heterocycles. The summed E-state index contributed by atoms with van der Waals surface area (Å²) in [5, 5.41) is 0.120. The summed E-state index contributed by atoms with van der Waals surface area (Å²) in [4.78, 5) is 11.2. The molecule has 24 heavy (non-hydrogen) atoms. The van der Waals surface area contributed by atoms with E-state index in [0.29, 0.717) is 18.1 Å². The molecule has 1 rings (SSSR count). The second kappa shape index (κ2) is 7.87. The predicted molar refractivity (Wildman–Crippen MR) is 99.1 cm³/mol. The van der Waals surface area contributed by atoms with Gasteiger partial charge in [-0.2, -0.15) is 0 Å². The normalized spacial score (nSPS) is 11.5. The molecule has 1 aromatic carbocycles. The molecule has 0 aliphatic heterocycles. The van der Waals surface area contributed by atoms with E-state index in [4.69, 9.17) is 13.9 Å². The largest absolute Gasteiger partial charge is 0.493 e. The molecule has 0 bridgehead atoms. The third-order valence-corrected chi connectivity index (χ3v) is 8.86. The lowest BCUT2D eigenvalue weighted by atomic mass is 10.1. The van der Waals surface area contributed by atoms with Crippen LogP contribution in [0.2, 0.25) is 18.1 Å². The van der Waals surface area contributed by atoms with Crippen LogP contribution in [-0.4, -0.2) is 28.3 Å². The molecule has 0 fully saturated rings. The first-order chi connectivity index (χ1) is 11.0. The molecule has 0 aromatic heterocycles. The molecule has 0 atom stereocenters. The summed E-state index contributed by atoms with van der Waals surface area (Å²) in [5.74, 6) is 6.53. The third kappa shape index (κ3) is 5.12. The predicted octanol–water partition coefficient (Wildman–Crippen LogP) is 4.17. The van der Waals surface area contributed by atoms with Crippen LogP contribution in [-0.2, 0) is 15.8 Å². The molecule has 1 aromatic rings. The van der Waals surface area contributed by atoms with Crippen LogP contribution in [0.25, 0.3) is 0 Å². The van der Waals surface area contributed by atoms with Crippen molar-refractivity contribution in [3.05, 3.63) is 23.3 Å². The highest BCUT2D eigenvalue weighted by atomic mass is 28.4. The number of ketones is 1. The summed E-state index contributed by atoms with van der Waals surface area (Å²) in [6.45, 7) is 12.9. The molecule has 5 heteroatoms. The minimum atomic E-state index is -1.89. The second-order valence-corrected chi connectivity index (χ2v) is 12.0. The molecule has 132 valence electrons. The van der Waals surface area contributed by atoms with E-state index in [9.17, 15) is 4.79 Å². The lowest BCUT2D eigenvalue weighted by Crippen LogP contribution is -2.40. The Morgan fingerprint density at radius 2 is 1.67 bits per heavy atom. The fourth-order valence-electron chi connectivity index (χ4n) is 1.79. The molecule has 0 unspecified atom stereocenters. The van der Waals surface area contributed by atoms with Gasteiger partial charge in [-0.3, -0.25) is 4.79 Å². The van der Waals surface area contributed by atoms with Crippen molar-refractivity contribution in [3.8, 4) is 23.3 Å². The first-order valence-corrected chi connectivity index (χ1v) is 10.8. The number of benzene rings is 1. The van der Waals surface area contributed by atoms with Crippen LogP contribution in [0.15, 0.2) is 12.1 Å². The van der Waals surface area contributed by atoms with Crippen molar-refractivity contribution in [1.82, 2.24) is 0 Å². The summed E-state index contributed by atoms with van der Waals surface area (Å²) in [5.41, 5.74) is 1.62. The van der Waals surface area contributed by atoms with Gasteiger partial charge in [0.05, 0.1) is 20.8 Å². The maximum Gasteiger partial charge on any atom is 0.202 e. The number of carbonyl (C=O) groups excluding carboxylic acids is 1. The zero-order valence-corrected chi connectivity index (χ0v) is 17.0. The van der Waals surface area contributed by atoms with E-state index in [1.807, 2.05) is 6.07 Å². The summed E-state index contributed by atoms with van der Waals surface area (Å²) in [6, 6.07) is 3.66. The molecule has 0 spiro atoms. The molecule has 0 saturated heterocycles. The molecular weight excluding hydrogens is 320 g/mol. The number of hydrogen-bond donors (Lipinski definition) is 0. The van der Waals surface area contributed by atoms with Gasteiger partial charge in [0.25, 0.3) is 0 Å². The Kier molecular flexibility index (Phi) is 6.64. The molecular formula is C19H28O4Si. The minimum absolute atomic E-state index is 0.120. The van der Waals surface area contributed by atoms with E-state index in [2.05, 4.69) is 45.7 Å². The maximum absolute atomic E-state index is 11.2. The first kappa shape index (κ1) is 20.3. The van der Waals surface area contributed by atoms with Crippen molar-refractivity contribution >= 4 is 14.1 Å². The Morgan fingerprint density at radius 3 is 2.12 bits per heavy atom. The third-order valence-electron chi connectivity index (χ3n) is 4.38. The molecule has 0 aliphatic rings. The Balaban J connectivity index is 3.25. The summed E-state index contributed by atoms with van der Waals surface area (Å²) in [6.07, 6.45) is 0. The number of carbonyl (C=O) groups is 1. The van der Waals surface area contributed by atoms with Crippen molar-refractivity contribution in [1.29, 1.82) is 0 Å². The Morgan fingerprint density at radius 1 is 1.12 bits per heavy atom. The van der Waals surface area contributed by atoms with E-state index in [0.717, 1.165) is 11.1 Å². The molecule has 0 aliphatic carbocycles. The van der Waals surface area contributed by atoms with Gasteiger partial charge in [0, 0.05) is 12.5 Å². The maximum atomic E-state index is 11.2. The number of hydrogen-bond acceptors (Lipinski definition) is 4. The van der Waals surface area contributed by atoms with Crippen LogP contribution in [0.4, 0.5) is 0 Å². The number of rotatable bonds is 5. The van der Waals surface area contributed by atoms with Gasteiger partial charge in [-0.05, 0) is 41.7 Å². The Labute approximate surface area is 146 Å². The van der Waals surface area contributed by atoms with Crippen molar-refractivity contribution in [2.24, 2.45) is 0 Å². The first-order valence-electron chi connectivity index (χ1n) is 7.93. The topological polar surface area (TPSA) is 44.8 Å². The standard InChI is InChI=1S/C19H28O4Si/c1-14(20)9-10-15-11-17(21-5)18(22-6)12-16(15)13-23-24(7,8)19(2,3)4/h11-12H,13H2,1-8H3. The van der Waals surface area contributed by atoms with Gasteiger partial charge in [-0.25, -0.2) is 0 Å². The van der Waals surface area contributed by atoms with Crippen LogP contribution < -0.4 is 9.47 Å². The highest BCUT2D eigenvalue weighted by Gasteiger charge is 2.37. The molecule has 0 saturated carbocycles. The van der Waals surface area contributed by atoms with E-state index >= 15 is 0 Å². The smallest absolute Gasteiger partial charge is 0.202 e. The van der Waals surface area contributed by atoms with Crippen molar-refractivity contribution in [2.75, 3.05) is 14.2 Å². The Bertz CT molecular complexity index is 660. The van der Waals surface area contributed by atoms with Gasteiger partial charge in [0.1, 0.15) is 0 Å². The van der Waals surface area contributed by atoms with E-state index in [1.54, 1.807) is 20.3 Å². The van der Waals surface area contributed by atoms with Gasteiger partial charge < -0.3 is 13.9 Å². The van der Waals surface area contributed by atoms with Crippen LogP contribution in [0.3, 0.4) is 0 Å². The van der Waals surface area contributed by atoms with Gasteiger partial charge in [-0.15, -0.1) is 0 Å². The molecule has 0 amide bonds. The van der Waals surface area contributed by atoms with Gasteiger partial charge in [0.2, 0.25) is 5.78 Å². The molecule has 0 N–H and O–H groups in total. The minimum Gasteiger partial charge on any atom is -0.493 e. The fraction of sp³-hybridized carbons (Fsp3) is 0.526. The highest BCUT2D eigenvalue weighted by Crippen LogP contribution is 2.38. The van der Waals surface area contributed by atoms with Crippen molar-refractivity contribution in [3.63, 3.8) is 0 Å². The van der Waals surface area contributed by atoms with E-state index < -0.39 is 8.32 Å². The Hall–Kier alpha value is -1.77. The summed E-state index contributed by atoms with van der Waals surface area (Å²) >= 11 is 0. The van der Waals surface area contributed by atoms with E-state index in [-0.39, 0.29) is 10.8 Å². The lowest BCUT2D eigenvalue weighted by Gasteiger charge is -2.36. The SMILES string of the molecule is COc1cc(C#CC(C)=O)c(CO[Si](C)(C)C(C)(C)C)cc1OC. The van der Waals surface area contributed by atoms with Crippen molar-refractivity contribution in [2.45, 2.75) is 52.4 Å². The van der Waals surface area contributed by atoms with Gasteiger partial charge in [-0.1, -0.05) is 26.7 Å². The van der Waals surface area contributed by atoms with Gasteiger partial charge >= 0.3 is 0 Å². The van der Waals surface area contributed by atoms with Gasteiger partial charge in [0.15, 0.2) is 19.8 Å². The quantitative estimate of drug-likeness (QED) is 0.592. The number of ether oxygens (including phenoxy) is 2. The zero-order valence-electron chi connectivity index (χ0n) is 16.0.